The Morgan fingerprint density at radius 1 is 1.21 bits per heavy atom. The van der Waals surface area contributed by atoms with Crippen LogP contribution in [0.5, 0.6) is 0 Å². The van der Waals surface area contributed by atoms with Crippen molar-refractivity contribution in [2.45, 2.75) is 46.0 Å². The van der Waals surface area contributed by atoms with Crippen LogP contribution in [0.2, 0.25) is 0 Å². The molecule has 0 saturated heterocycles. The van der Waals surface area contributed by atoms with Crippen molar-refractivity contribution in [3.05, 3.63) is 22.9 Å². The van der Waals surface area contributed by atoms with Gasteiger partial charge in [-0.3, -0.25) is 5.43 Å². The summed E-state index contributed by atoms with van der Waals surface area (Å²) in [4.78, 5) is 0. The van der Waals surface area contributed by atoms with Crippen LogP contribution in [0, 0.1) is 0 Å². The van der Waals surface area contributed by atoms with Crippen LogP contribution < -0.4 is 5.43 Å². The van der Waals surface area contributed by atoms with E-state index in [0.29, 0.717) is 0 Å². The maximum Gasteiger partial charge on any atom is 0.0648 e. The Balaban J connectivity index is 2.35. The van der Waals surface area contributed by atoms with Crippen molar-refractivity contribution in [2.24, 2.45) is 5.10 Å². The molecule has 0 unspecified atom stereocenters. The molecule has 0 spiro atoms. The zero-order valence-electron chi connectivity index (χ0n) is 9.06. The van der Waals surface area contributed by atoms with Crippen molar-refractivity contribution < 1.29 is 0 Å². The summed E-state index contributed by atoms with van der Waals surface area (Å²) in [5.41, 5.74) is 8.36. The van der Waals surface area contributed by atoms with E-state index in [-0.39, 0.29) is 0 Å². The van der Waals surface area contributed by atoms with Gasteiger partial charge in [0.1, 0.15) is 0 Å². The second-order valence-electron chi connectivity index (χ2n) is 4.13. The predicted molar refractivity (Wildman–Crippen MR) is 60.1 cm³/mol. The Bertz CT molecular complexity index is 321. The normalized spacial score (nSPS) is 26.4. The van der Waals surface area contributed by atoms with E-state index in [9.17, 15) is 0 Å². The van der Waals surface area contributed by atoms with Crippen LogP contribution >= 0.6 is 0 Å². The van der Waals surface area contributed by atoms with Crippen LogP contribution in [0.4, 0.5) is 0 Å². The third-order valence-electron chi connectivity index (χ3n) is 3.04. The average molecular weight is 190 g/mol. The Morgan fingerprint density at radius 3 is 2.93 bits per heavy atom. The molecule has 1 aliphatic heterocycles. The fourth-order valence-corrected chi connectivity index (χ4v) is 2.18. The summed E-state index contributed by atoms with van der Waals surface area (Å²) in [5.74, 6) is 0. The number of nitrogens with zero attached hydrogens (tertiary/aromatic N) is 1. The Morgan fingerprint density at radius 2 is 2.07 bits per heavy atom. The molecule has 1 heterocycles. The van der Waals surface area contributed by atoms with E-state index < -0.39 is 0 Å². The second-order valence-corrected chi connectivity index (χ2v) is 4.13. The van der Waals surface area contributed by atoms with Crippen LogP contribution in [0.15, 0.2) is 28.0 Å². The lowest BCUT2D eigenvalue weighted by Crippen LogP contribution is -2.19. The van der Waals surface area contributed by atoms with Gasteiger partial charge in [-0.25, -0.2) is 0 Å². The van der Waals surface area contributed by atoms with Gasteiger partial charge in [-0.15, -0.1) is 0 Å². The van der Waals surface area contributed by atoms with Crippen molar-refractivity contribution in [3.63, 3.8) is 0 Å². The molecular weight excluding hydrogens is 172 g/mol. The SMILES string of the molecule is CC1=NNC(C)=C2CCCCC/C=C/12. The lowest BCUT2D eigenvalue weighted by Gasteiger charge is -2.22. The fourth-order valence-electron chi connectivity index (χ4n) is 2.18. The molecule has 2 rings (SSSR count). The highest BCUT2D eigenvalue weighted by atomic mass is 15.3. The number of fused-ring (bicyclic) bond motifs is 1. The highest BCUT2D eigenvalue weighted by molar-refractivity contribution is 6.02. The lowest BCUT2D eigenvalue weighted by molar-refractivity contribution is 0.664. The quantitative estimate of drug-likeness (QED) is 0.623. The van der Waals surface area contributed by atoms with Gasteiger partial charge in [0.15, 0.2) is 0 Å². The van der Waals surface area contributed by atoms with Gasteiger partial charge in [-0.2, -0.15) is 5.10 Å². The van der Waals surface area contributed by atoms with Gasteiger partial charge in [0.05, 0.1) is 5.71 Å². The summed E-state index contributed by atoms with van der Waals surface area (Å²) in [6, 6.07) is 0. The molecule has 0 saturated carbocycles. The molecule has 0 aromatic heterocycles. The molecule has 1 aliphatic carbocycles. The van der Waals surface area contributed by atoms with E-state index in [4.69, 9.17) is 0 Å². The number of nitrogens with one attached hydrogen (secondary N) is 1. The van der Waals surface area contributed by atoms with Crippen LogP contribution in [0.25, 0.3) is 0 Å². The number of allylic oxidation sites excluding steroid dienone is 4. The fraction of sp³-hybridized carbons (Fsp3) is 0.583. The second kappa shape index (κ2) is 3.99. The number of hydrogen-bond donors (Lipinski definition) is 1. The van der Waals surface area contributed by atoms with E-state index in [1.807, 2.05) is 0 Å². The molecule has 2 aliphatic rings. The summed E-state index contributed by atoms with van der Waals surface area (Å²) in [5, 5.41) is 4.31. The molecule has 0 amide bonds. The van der Waals surface area contributed by atoms with Crippen LogP contribution in [0.1, 0.15) is 46.0 Å². The van der Waals surface area contributed by atoms with Crippen molar-refractivity contribution in [3.8, 4) is 0 Å². The van der Waals surface area contributed by atoms with Gasteiger partial charge in [-0.05, 0) is 50.7 Å². The Hall–Kier alpha value is -1.05. The van der Waals surface area contributed by atoms with E-state index in [0.717, 1.165) is 5.71 Å². The topological polar surface area (TPSA) is 24.4 Å². The van der Waals surface area contributed by atoms with Gasteiger partial charge in [0.25, 0.3) is 0 Å². The minimum Gasteiger partial charge on any atom is -0.282 e. The summed E-state index contributed by atoms with van der Waals surface area (Å²) < 4.78 is 0. The van der Waals surface area contributed by atoms with Crippen LogP contribution in [-0.4, -0.2) is 5.71 Å². The smallest absolute Gasteiger partial charge is 0.0648 e. The van der Waals surface area contributed by atoms with Gasteiger partial charge in [0, 0.05) is 5.70 Å². The summed E-state index contributed by atoms with van der Waals surface area (Å²) in [6.45, 7) is 4.22. The third kappa shape index (κ3) is 1.74. The minimum absolute atomic E-state index is 1.15. The number of hydrogen-bond acceptors (Lipinski definition) is 2. The van der Waals surface area contributed by atoms with E-state index >= 15 is 0 Å². The van der Waals surface area contributed by atoms with Crippen molar-refractivity contribution in [1.82, 2.24) is 5.43 Å². The molecule has 76 valence electrons. The first kappa shape index (κ1) is 9.50. The zero-order valence-corrected chi connectivity index (χ0v) is 9.06. The zero-order chi connectivity index (χ0) is 9.97. The average Bonchev–Trinajstić information content (AvgIpc) is 2.11. The number of hydrazone groups is 1. The van der Waals surface area contributed by atoms with Crippen LogP contribution in [-0.2, 0) is 0 Å². The highest BCUT2D eigenvalue weighted by Gasteiger charge is 2.16. The van der Waals surface area contributed by atoms with Gasteiger partial charge >= 0.3 is 0 Å². The molecule has 0 atom stereocenters. The predicted octanol–water partition coefficient (Wildman–Crippen LogP) is 3.13. The first-order chi connectivity index (χ1) is 6.79. The molecule has 2 heteroatoms. The molecule has 0 aromatic rings. The van der Waals surface area contributed by atoms with E-state index in [1.54, 1.807) is 0 Å². The molecule has 0 bridgehead atoms. The van der Waals surface area contributed by atoms with Gasteiger partial charge < -0.3 is 0 Å². The molecule has 14 heavy (non-hydrogen) atoms. The Labute approximate surface area is 85.8 Å². The largest absolute Gasteiger partial charge is 0.282 e. The first-order valence-corrected chi connectivity index (χ1v) is 5.50. The summed E-state index contributed by atoms with van der Waals surface area (Å²) in [6.07, 6.45) is 8.78. The molecule has 0 fully saturated rings. The summed E-state index contributed by atoms with van der Waals surface area (Å²) >= 11 is 0. The van der Waals surface area contributed by atoms with Crippen molar-refractivity contribution in [1.29, 1.82) is 0 Å². The Kier molecular flexibility index (Phi) is 2.71. The van der Waals surface area contributed by atoms with E-state index in [2.05, 4.69) is 30.5 Å². The van der Waals surface area contributed by atoms with Gasteiger partial charge in [-0.1, -0.05) is 12.5 Å². The molecule has 2 nitrogen and oxygen atoms in total. The number of rotatable bonds is 0. The van der Waals surface area contributed by atoms with Crippen LogP contribution in [0.3, 0.4) is 0 Å². The maximum atomic E-state index is 4.31. The molecule has 0 radical (unpaired) electrons. The van der Waals surface area contributed by atoms with Crippen molar-refractivity contribution >= 4 is 5.71 Å². The highest BCUT2D eigenvalue weighted by Crippen LogP contribution is 2.27. The monoisotopic (exact) mass is 190 g/mol. The van der Waals surface area contributed by atoms with E-state index in [1.165, 1.54) is 48.9 Å². The van der Waals surface area contributed by atoms with Crippen molar-refractivity contribution in [2.75, 3.05) is 0 Å². The molecule has 1 N–H and O–H groups in total. The molecule has 0 aromatic carbocycles. The summed E-state index contributed by atoms with van der Waals surface area (Å²) in [7, 11) is 0. The first-order valence-electron chi connectivity index (χ1n) is 5.50. The lowest BCUT2D eigenvalue weighted by atomic mass is 9.90. The van der Waals surface area contributed by atoms with Gasteiger partial charge in [0.2, 0.25) is 0 Å². The minimum atomic E-state index is 1.15. The standard InChI is InChI=1S/C12H18N2/c1-9-11-7-5-3-4-6-8-12(11)10(2)14-13-9/h7,14H,3-6,8H2,1-2H3/b11-7-. The maximum absolute atomic E-state index is 4.31. The third-order valence-corrected chi connectivity index (χ3v) is 3.04. The molecular formula is C12H18N2.